The number of hydrogen-bond donors (Lipinski definition) is 1. The average molecular weight is 498 g/mol. The lowest BCUT2D eigenvalue weighted by atomic mass is 9.98. The van der Waals surface area contributed by atoms with Crippen molar-refractivity contribution in [2.24, 2.45) is 0 Å². The maximum Gasteiger partial charge on any atom is 0.191 e. The number of aromatic nitrogens is 2. The molecule has 0 bridgehead atoms. The highest BCUT2D eigenvalue weighted by Crippen LogP contribution is 2.55. The summed E-state index contributed by atoms with van der Waals surface area (Å²) in [4.78, 5) is 12.1. The molecule has 3 aromatic carbocycles. The number of hydrogen-bond acceptors (Lipinski definition) is 6. The van der Waals surface area contributed by atoms with Crippen LogP contribution in [0, 0.1) is 0 Å². The molecule has 0 radical (unpaired) electrons. The fourth-order valence-corrected chi connectivity index (χ4v) is 8.35. The molecule has 0 saturated carbocycles. The lowest BCUT2D eigenvalue weighted by molar-refractivity contribution is 0.893. The Bertz CT molecular complexity index is 1420. The number of thiophene rings is 1. The molecule has 1 aliphatic rings. The zero-order valence-corrected chi connectivity index (χ0v) is 20.9. The zero-order valence-electron chi connectivity index (χ0n) is 18.4. The second-order valence-electron chi connectivity index (χ2n) is 8.32. The molecule has 3 nitrogen and oxygen atoms in total. The van der Waals surface area contributed by atoms with Crippen molar-refractivity contribution in [1.29, 1.82) is 0 Å². The van der Waals surface area contributed by atoms with Gasteiger partial charge in [0.1, 0.15) is 10.6 Å². The van der Waals surface area contributed by atoms with Gasteiger partial charge in [0.15, 0.2) is 5.16 Å². The Morgan fingerprint density at radius 3 is 2.18 bits per heavy atom. The summed E-state index contributed by atoms with van der Waals surface area (Å²) in [5, 5.41) is 2.42. The van der Waals surface area contributed by atoms with Gasteiger partial charge >= 0.3 is 0 Å². The van der Waals surface area contributed by atoms with E-state index in [-0.39, 0.29) is 5.25 Å². The van der Waals surface area contributed by atoms with E-state index in [0.29, 0.717) is 11.1 Å². The average Bonchev–Trinajstić information content (AvgIpc) is 3.27. The molecule has 3 heterocycles. The van der Waals surface area contributed by atoms with Gasteiger partial charge < -0.3 is 5.73 Å². The van der Waals surface area contributed by atoms with Crippen LogP contribution in [0.3, 0.4) is 0 Å². The Kier molecular flexibility index (Phi) is 6.04. The molecule has 0 amide bonds. The van der Waals surface area contributed by atoms with E-state index >= 15 is 0 Å². The third-order valence-electron chi connectivity index (χ3n) is 6.10. The Balaban J connectivity index is 1.42. The molecule has 0 spiro atoms. The van der Waals surface area contributed by atoms with Crippen molar-refractivity contribution in [3.63, 3.8) is 0 Å². The molecule has 2 N–H and O–H groups in total. The molecule has 2 unspecified atom stereocenters. The molecule has 5 aromatic rings. The Morgan fingerprint density at radius 2 is 1.47 bits per heavy atom. The number of nitrogen functional groups attached to an aromatic ring is 1. The molecule has 0 fully saturated rings. The first kappa shape index (κ1) is 21.7. The second-order valence-corrected chi connectivity index (χ2v) is 11.6. The zero-order chi connectivity index (χ0) is 22.9. The van der Waals surface area contributed by atoms with Gasteiger partial charge in [-0.2, -0.15) is 0 Å². The minimum atomic E-state index is 0.258. The molecular formula is C28H23N3S3. The first-order valence-corrected chi connectivity index (χ1v) is 14.0. The monoisotopic (exact) mass is 497 g/mol. The van der Waals surface area contributed by atoms with Crippen molar-refractivity contribution < 1.29 is 0 Å². The topological polar surface area (TPSA) is 51.8 Å². The van der Waals surface area contributed by atoms with Crippen LogP contribution in [0.25, 0.3) is 10.2 Å². The lowest BCUT2D eigenvalue weighted by Crippen LogP contribution is -2.12. The van der Waals surface area contributed by atoms with Crippen molar-refractivity contribution in [1.82, 2.24) is 9.97 Å². The fraction of sp³-hybridized carbons (Fsp3) is 0.143. The van der Waals surface area contributed by atoms with Gasteiger partial charge in [0, 0.05) is 15.9 Å². The fourth-order valence-electron chi connectivity index (χ4n) is 4.47. The lowest BCUT2D eigenvalue weighted by Gasteiger charge is -2.30. The summed E-state index contributed by atoms with van der Waals surface area (Å²) in [7, 11) is 0. The SMILES string of the molecule is Nc1nc(SCc2ccccc2)nc2sc3c(c12)CC(c1ccccc1)SC3c1ccccc1. The third-order valence-corrected chi connectivity index (χ3v) is 9.91. The number of rotatable bonds is 5. The van der Waals surface area contributed by atoms with Crippen molar-refractivity contribution in [3.05, 3.63) is 118 Å². The van der Waals surface area contributed by atoms with Crippen LogP contribution >= 0.6 is 34.9 Å². The van der Waals surface area contributed by atoms with E-state index in [2.05, 4.69) is 84.9 Å². The standard InChI is InChI=1S/C28H23N3S3/c29-26-23-21-16-22(19-12-6-2-7-13-19)33-24(20-14-8-3-9-15-20)25(21)34-27(23)31-28(30-26)32-17-18-10-4-1-5-11-18/h1-15,22,24H,16-17H2,(H2,29,30,31). The highest BCUT2D eigenvalue weighted by molar-refractivity contribution is 8.00. The molecule has 0 aliphatic carbocycles. The van der Waals surface area contributed by atoms with Crippen LogP contribution in [-0.4, -0.2) is 9.97 Å². The normalized spacial score (nSPS) is 17.5. The molecule has 2 atom stereocenters. The van der Waals surface area contributed by atoms with Crippen LogP contribution < -0.4 is 5.73 Å². The van der Waals surface area contributed by atoms with Gasteiger partial charge in [-0.3, -0.25) is 0 Å². The first-order chi connectivity index (χ1) is 16.8. The van der Waals surface area contributed by atoms with Crippen molar-refractivity contribution in [2.45, 2.75) is 27.8 Å². The van der Waals surface area contributed by atoms with Gasteiger partial charge in [0.2, 0.25) is 0 Å². The van der Waals surface area contributed by atoms with E-state index in [0.717, 1.165) is 27.5 Å². The highest BCUT2D eigenvalue weighted by atomic mass is 32.2. The summed E-state index contributed by atoms with van der Waals surface area (Å²) < 4.78 is 0. The molecule has 168 valence electrons. The number of thioether (sulfide) groups is 2. The summed E-state index contributed by atoms with van der Waals surface area (Å²) in [6.07, 6.45) is 0.942. The quantitative estimate of drug-likeness (QED) is 0.199. The second kappa shape index (κ2) is 9.45. The molecular weight excluding hydrogens is 475 g/mol. The van der Waals surface area contributed by atoms with Crippen molar-refractivity contribution in [3.8, 4) is 0 Å². The van der Waals surface area contributed by atoms with E-state index in [1.165, 1.54) is 27.1 Å². The van der Waals surface area contributed by atoms with E-state index in [1.54, 1.807) is 23.1 Å². The smallest absolute Gasteiger partial charge is 0.191 e. The number of nitrogens with two attached hydrogens (primary N) is 1. The Hall–Kier alpha value is -2.80. The number of nitrogens with zero attached hydrogens (tertiary/aromatic N) is 2. The van der Waals surface area contributed by atoms with Crippen molar-refractivity contribution in [2.75, 3.05) is 5.73 Å². The summed E-state index contributed by atoms with van der Waals surface area (Å²) in [5.74, 6) is 1.43. The van der Waals surface area contributed by atoms with Crippen LogP contribution in [0.1, 0.15) is 37.6 Å². The molecule has 0 saturated heterocycles. The van der Waals surface area contributed by atoms with E-state index in [1.807, 2.05) is 17.8 Å². The Labute approximate surface area is 211 Å². The van der Waals surface area contributed by atoms with Crippen LogP contribution in [-0.2, 0) is 12.2 Å². The third kappa shape index (κ3) is 4.22. The number of anilines is 1. The number of fused-ring (bicyclic) bond motifs is 3. The van der Waals surface area contributed by atoms with Gasteiger partial charge in [-0.1, -0.05) is 103 Å². The largest absolute Gasteiger partial charge is 0.383 e. The van der Waals surface area contributed by atoms with Crippen molar-refractivity contribution >= 4 is 50.9 Å². The van der Waals surface area contributed by atoms with Gasteiger partial charge in [-0.25, -0.2) is 9.97 Å². The minimum absolute atomic E-state index is 0.258. The van der Waals surface area contributed by atoms with E-state index in [9.17, 15) is 0 Å². The summed E-state index contributed by atoms with van der Waals surface area (Å²) in [6.45, 7) is 0. The Morgan fingerprint density at radius 1 is 0.824 bits per heavy atom. The van der Waals surface area contributed by atoms with Gasteiger partial charge in [0.05, 0.1) is 10.6 Å². The van der Waals surface area contributed by atoms with E-state index < -0.39 is 0 Å². The predicted molar refractivity (Wildman–Crippen MR) is 147 cm³/mol. The summed E-state index contributed by atoms with van der Waals surface area (Å²) in [6, 6.07) is 32.0. The van der Waals surface area contributed by atoms with Crippen LogP contribution in [0.4, 0.5) is 5.82 Å². The van der Waals surface area contributed by atoms with E-state index in [4.69, 9.17) is 15.7 Å². The van der Waals surface area contributed by atoms with Crippen LogP contribution in [0.15, 0.2) is 96.2 Å². The molecule has 1 aliphatic heterocycles. The molecule has 6 heteroatoms. The van der Waals surface area contributed by atoms with Crippen LogP contribution in [0.5, 0.6) is 0 Å². The highest BCUT2D eigenvalue weighted by Gasteiger charge is 2.34. The maximum atomic E-state index is 6.60. The molecule has 34 heavy (non-hydrogen) atoms. The molecule has 2 aromatic heterocycles. The summed E-state index contributed by atoms with van der Waals surface area (Å²) in [5.41, 5.74) is 11.9. The van der Waals surface area contributed by atoms with Crippen LogP contribution in [0.2, 0.25) is 0 Å². The summed E-state index contributed by atoms with van der Waals surface area (Å²) >= 11 is 5.46. The number of benzene rings is 3. The van der Waals surface area contributed by atoms with Gasteiger partial charge in [0.25, 0.3) is 0 Å². The minimum Gasteiger partial charge on any atom is -0.383 e. The van der Waals surface area contributed by atoms with Gasteiger partial charge in [-0.15, -0.1) is 23.1 Å². The van der Waals surface area contributed by atoms with Gasteiger partial charge in [-0.05, 0) is 28.7 Å². The molecule has 6 rings (SSSR count). The first-order valence-electron chi connectivity index (χ1n) is 11.3. The maximum absolute atomic E-state index is 6.60. The predicted octanol–water partition coefficient (Wildman–Crippen LogP) is 7.69.